The molecule has 0 unspecified atom stereocenters. The van der Waals surface area contributed by atoms with E-state index in [4.69, 9.17) is 8.83 Å². The molecule has 7 nitrogen and oxygen atoms in total. The second-order valence-corrected chi connectivity index (χ2v) is 8.40. The molecule has 1 atom stereocenters. The monoisotopic (exact) mass is 436 g/mol. The Balaban J connectivity index is 1.31. The molecule has 150 valence electrons. The topological polar surface area (TPSA) is 84.7 Å². The molecule has 5 rings (SSSR count). The molecule has 1 aromatic carbocycles. The first kappa shape index (κ1) is 18.8. The third-order valence-electron chi connectivity index (χ3n) is 4.59. The number of carbonyl (C=O) groups excluding carboxylic acids is 1. The highest BCUT2D eigenvalue weighted by Gasteiger charge is 2.35. The number of thiophene rings is 1. The molecule has 1 amide bonds. The van der Waals surface area contributed by atoms with Gasteiger partial charge >= 0.3 is 0 Å². The van der Waals surface area contributed by atoms with Gasteiger partial charge in [0.25, 0.3) is 11.1 Å². The van der Waals surface area contributed by atoms with E-state index >= 15 is 0 Å². The van der Waals surface area contributed by atoms with E-state index in [-0.39, 0.29) is 17.7 Å². The third-order valence-corrected chi connectivity index (χ3v) is 6.31. The van der Waals surface area contributed by atoms with E-state index in [1.807, 2.05) is 60.0 Å². The Labute approximate surface area is 180 Å². The summed E-state index contributed by atoms with van der Waals surface area (Å²) in [6, 6.07) is 16.9. The van der Waals surface area contributed by atoms with Gasteiger partial charge in [-0.15, -0.1) is 21.5 Å². The molecule has 0 saturated carbocycles. The van der Waals surface area contributed by atoms with Gasteiger partial charge in [-0.1, -0.05) is 36.0 Å². The van der Waals surface area contributed by atoms with Crippen molar-refractivity contribution in [2.45, 2.75) is 17.7 Å². The van der Waals surface area contributed by atoms with Gasteiger partial charge in [-0.2, -0.15) is 5.10 Å². The zero-order chi connectivity index (χ0) is 20.3. The summed E-state index contributed by atoms with van der Waals surface area (Å²) in [7, 11) is 0. The van der Waals surface area contributed by atoms with Crippen LogP contribution in [0, 0.1) is 0 Å². The molecule has 1 aliphatic rings. The standard InChI is InChI=1S/C21H16N4O3S2/c26-19(13-30-21-23-22-20(28-21)14-6-2-1-3-7-14)25-16(17-8-4-10-27-17)12-15(24-25)18-9-5-11-29-18/h1-11,16H,12-13H2/t16-/m1/s1. The molecule has 3 aromatic heterocycles. The second kappa shape index (κ2) is 8.29. The van der Waals surface area contributed by atoms with Crippen LogP contribution in [0.3, 0.4) is 0 Å². The van der Waals surface area contributed by atoms with Gasteiger partial charge in [0.1, 0.15) is 11.8 Å². The zero-order valence-corrected chi connectivity index (χ0v) is 17.3. The first-order valence-corrected chi connectivity index (χ1v) is 11.1. The van der Waals surface area contributed by atoms with Gasteiger partial charge in [-0.05, 0) is 35.7 Å². The summed E-state index contributed by atoms with van der Waals surface area (Å²) < 4.78 is 11.2. The molecule has 4 aromatic rings. The van der Waals surface area contributed by atoms with Crippen molar-refractivity contribution in [3.63, 3.8) is 0 Å². The molecule has 0 saturated heterocycles. The first-order valence-electron chi connectivity index (χ1n) is 9.26. The zero-order valence-electron chi connectivity index (χ0n) is 15.7. The number of amides is 1. The van der Waals surface area contributed by atoms with Crippen molar-refractivity contribution in [1.29, 1.82) is 0 Å². The number of rotatable bonds is 6. The van der Waals surface area contributed by atoms with Gasteiger partial charge in [0.2, 0.25) is 5.89 Å². The number of benzene rings is 1. The normalized spacial score (nSPS) is 16.1. The van der Waals surface area contributed by atoms with Crippen molar-refractivity contribution < 1.29 is 13.6 Å². The van der Waals surface area contributed by atoms with Crippen LogP contribution in [0.2, 0.25) is 0 Å². The average molecular weight is 437 g/mol. The molecule has 0 fully saturated rings. The lowest BCUT2D eigenvalue weighted by Crippen LogP contribution is -2.28. The number of thioether (sulfide) groups is 1. The van der Waals surface area contributed by atoms with Crippen LogP contribution in [0.1, 0.15) is 23.1 Å². The highest BCUT2D eigenvalue weighted by Crippen LogP contribution is 2.35. The molecule has 0 radical (unpaired) electrons. The molecule has 1 aliphatic heterocycles. The summed E-state index contributed by atoms with van der Waals surface area (Å²) >= 11 is 2.81. The number of hydrazone groups is 1. The lowest BCUT2D eigenvalue weighted by atomic mass is 10.1. The molecular weight excluding hydrogens is 420 g/mol. The Hall–Kier alpha value is -3.17. The van der Waals surface area contributed by atoms with Crippen LogP contribution in [0.5, 0.6) is 0 Å². The van der Waals surface area contributed by atoms with Gasteiger partial charge in [0, 0.05) is 12.0 Å². The molecule has 0 bridgehead atoms. The fourth-order valence-electron chi connectivity index (χ4n) is 3.19. The summed E-state index contributed by atoms with van der Waals surface area (Å²) in [5, 5.41) is 16.6. The Morgan fingerprint density at radius 1 is 1.13 bits per heavy atom. The molecule has 30 heavy (non-hydrogen) atoms. The lowest BCUT2D eigenvalue weighted by molar-refractivity contribution is -0.130. The summed E-state index contributed by atoms with van der Waals surface area (Å²) in [5.41, 5.74) is 1.72. The number of aromatic nitrogens is 2. The van der Waals surface area contributed by atoms with Crippen molar-refractivity contribution in [1.82, 2.24) is 15.2 Å². The Bertz CT molecular complexity index is 1150. The maximum Gasteiger partial charge on any atom is 0.277 e. The summed E-state index contributed by atoms with van der Waals surface area (Å²) in [5.74, 6) is 1.13. The smallest absolute Gasteiger partial charge is 0.277 e. The largest absolute Gasteiger partial charge is 0.467 e. The fourth-order valence-corrected chi connectivity index (χ4v) is 4.53. The predicted octanol–water partition coefficient (Wildman–Crippen LogP) is 4.86. The van der Waals surface area contributed by atoms with Crippen LogP contribution in [0.4, 0.5) is 0 Å². The Morgan fingerprint density at radius 3 is 2.80 bits per heavy atom. The molecule has 4 heterocycles. The van der Waals surface area contributed by atoms with Gasteiger partial charge in [-0.3, -0.25) is 4.79 Å². The van der Waals surface area contributed by atoms with Crippen LogP contribution in [-0.4, -0.2) is 32.6 Å². The van der Waals surface area contributed by atoms with Crippen LogP contribution in [0.15, 0.2) is 85.4 Å². The van der Waals surface area contributed by atoms with E-state index < -0.39 is 0 Å². The summed E-state index contributed by atoms with van der Waals surface area (Å²) in [6.45, 7) is 0. The third kappa shape index (κ3) is 3.81. The van der Waals surface area contributed by atoms with E-state index in [1.54, 1.807) is 17.6 Å². The average Bonchev–Trinajstić information content (AvgIpc) is 3.57. The van der Waals surface area contributed by atoms with Crippen molar-refractivity contribution in [2.75, 3.05) is 5.75 Å². The lowest BCUT2D eigenvalue weighted by Gasteiger charge is -2.19. The van der Waals surface area contributed by atoms with Gasteiger partial charge in [0.05, 0.1) is 22.6 Å². The second-order valence-electron chi connectivity index (χ2n) is 6.53. The number of hydrogen-bond acceptors (Lipinski definition) is 8. The molecule has 0 spiro atoms. The molecule has 0 N–H and O–H groups in total. The quantitative estimate of drug-likeness (QED) is 0.401. The minimum absolute atomic E-state index is 0.134. The minimum Gasteiger partial charge on any atom is -0.467 e. The van der Waals surface area contributed by atoms with Crippen LogP contribution >= 0.6 is 23.1 Å². The van der Waals surface area contributed by atoms with Crippen molar-refractivity contribution in [3.05, 3.63) is 76.9 Å². The van der Waals surface area contributed by atoms with E-state index in [1.165, 1.54) is 16.8 Å². The fraction of sp³-hybridized carbons (Fsp3) is 0.143. The number of nitrogens with zero attached hydrogens (tertiary/aromatic N) is 4. The van der Waals surface area contributed by atoms with E-state index in [9.17, 15) is 4.79 Å². The minimum atomic E-state index is -0.257. The Kier molecular flexibility index (Phi) is 5.20. The maximum atomic E-state index is 13.0. The summed E-state index contributed by atoms with van der Waals surface area (Å²) in [6.07, 6.45) is 2.22. The molecular formula is C21H16N4O3S2. The van der Waals surface area contributed by atoms with Crippen molar-refractivity contribution in [3.8, 4) is 11.5 Å². The van der Waals surface area contributed by atoms with Crippen molar-refractivity contribution >= 4 is 34.7 Å². The maximum absolute atomic E-state index is 13.0. The number of carbonyl (C=O) groups is 1. The number of furan rings is 1. The van der Waals surface area contributed by atoms with Crippen LogP contribution < -0.4 is 0 Å². The molecule has 9 heteroatoms. The molecule has 0 aliphatic carbocycles. The van der Waals surface area contributed by atoms with E-state index in [0.717, 1.165) is 16.2 Å². The first-order chi connectivity index (χ1) is 14.8. The van der Waals surface area contributed by atoms with Gasteiger partial charge < -0.3 is 8.83 Å². The van der Waals surface area contributed by atoms with Crippen LogP contribution in [-0.2, 0) is 4.79 Å². The highest BCUT2D eigenvalue weighted by molar-refractivity contribution is 7.99. The Morgan fingerprint density at radius 2 is 2.03 bits per heavy atom. The van der Waals surface area contributed by atoms with E-state index in [0.29, 0.717) is 23.3 Å². The predicted molar refractivity (Wildman–Crippen MR) is 114 cm³/mol. The summed E-state index contributed by atoms with van der Waals surface area (Å²) in [4.78, 5) is 14.0. The highest BCUT2D eigenvalue weighted by atomic mass is 32.2. The van der Waals surface area contributed by atoms with Gasteiger partial charge in [-0.25, -0.2) is 5.01 Å². The SMILES string of the molecule is O=C(CSc1nnc(-c2ccccc2)o1)N1N=C(c2cccs2)C[C@@H]1c1ccco1. The number of hydrogen-bond donors (Lipinski definition) is 0. The van der Waals surface area contributed by atoms with E-state index in [2.05, 4.69) is 15.3 Å². The van der Waals surface area contributed by atoms with Crippen LogP contribution in [0.25, 0.3) is 11.5 Å². The van der Waals surface area contributed by atoms with Gasteiger partial charge in [0.15, 0.2) is 0 Å². The van der Waals surface area contributed by atoms with Crippen molar-refractivity contribution in [2.24, 2.45) is 5.10 Å².